The molecule has 0 atom stereocenters. The van der Waals surface area contributed by atoms with E-state index in [1.165, 1.54) is 0 Å². The SMILES string of the molecule is O=C(Cc1ccccn1)N1CCC(c2[nH]nc3ncccc23)CC1. The Kier molecular flexibility index (Phi) is 3.94. The van der Waals surface area contributed by atoms with Crippen molar-refractivity contribution in [2.75, 3.05) is 13.1 Å². The molecule has 4 heterocycles. The summed E-state index contributed by atoms with van der Waals surface area (Å²) in [5.74, 6) is 0.557. The van der Waals surface area contributed by atoms with Crippen molar-refractivity contribution in [1.29, 1.82) is 0 Å². The molecule has 1 saturated heterocycles. The van der Waals surface area contributed by atoms with E-state index in [1.807, 2.05) is 29.2 Å². The molecule has 1 amide bonds. The first-order valence-corrected chi connectivity index (χ1v) is 8.28. The van der Waals surface area contributed by atoms with E-state index in [2.05, 4.69) is 26.2 Å². The minimum absolute atomic E-state index is 0.156. The number of nitrogens with one attached hydrogen (secondary N) is 1. The van der Waals surface area contributed by atoms with Crippen LogP contribution >= 0.6 is 0 Å². The summed E-state index contributed by atoms with van der Waals surface area (Å²) >= 11 is 0. The zero-order chi connectivity index (χ0) is 16.4. The molecule has 3 aromatic rings. The van der Waals surface area contributed by atoms with E-state index in [9.17, 15) is 4.79 Å². The van der Waals surface area contributed by atoms with Crippen LogP contribution in [0.4, 0.5) is 0 Å². The second kappa shape index (κ2) is 6.39. The van der Waals surface area contributed by atoms with E-state index >= 15 is 0 Å². The third kappa shape index (κ3) is 2.87. The molecule has 24 heavy (non-hydrogen) atoms. The molecule has 1 aliphatic heterocycles. The van der Waals surface area contributed by atoms with Gasteiger partial charge in [-0.05, 0) is 37.1 Å². The molecule has 6 nitrogen and oxygen atoms in total. The molecule has 6 heteroatoms. The van der Waals surface area contributed by atoms with Crippen molar-refractivity contribution in [3.8, 4) is 0 Å². The van der Waals surface area contributed by atoms with E-state index in [-0.39, 0.29) is 5.91 Å². The standard InChI is InChI=1S/C18H19N5O/c24-16(12-14-4-1-2-8-19-14)23-10-6-13(7-11-23)17-15-5-3-9-20-18(15)22-21-17/h1-5,8-9,13H,6-7,10-12H2,(H,20,21,22). The molecular formula is C18H19N5O. The lowest BCUT2D eigenvalue weighted by molar-refractivity contribution is -0.131. The van der Waals surface area contributed by atoms with Crippen molar-refractivity contribution < 1.29 is 4.79 Å². The van der Waals surface area contributed by atoms with E-state index in [0.717, 1.165) is 48.4 Å². The van der Waals surface area contributed by atoms with Gasteiger partial charge in [-0.25, -0.2) is 4.98 Å². The molecular weight excluding hydrogens is 302 g/mol. The van der Waals surface area contributed by atoms with Gasteiger partial charge in [-0.2, -0.15) is 5.10 Å². The maximum absolute atomic E-state index is 12.4. The number of aromatic nitrogens is 4. The number of hydrogen-bond acceptors (Lipinski definition) is 4. The Morgan fingerprint density at radius 3 is 2.75 bits per heavy atom. The largest absolute Gasteiger partial charge is 0.342 e. The van der Waals surface area contributed by atoms with E-state index < -0.39 is 0 Å². The van der Waals surface area contributed by atoms with Crippen LogP contribution in [0.2, 0.25) is 0 Å². The van der Waals surface area contributed by atoms with Gasteiger partial charge in [-0.3, -0.25) is 14.9 Å². The predicted octanol–water partition coefficient (Wildman–Crippen LogP) is 2.30. The minimum Gasteiger partial charge on any atom is -0.342 e. The summed E-state index contributed by atoms with van der Waals surface area (Å²) in [5.41, 5.74) is 2.74. The number of carbonyl (C=O) groups excluding carboxylic acids is 1. The maximum atomic E-state index is 12.4. The fourth-order valence-electron chi connectivity index (χ4n) is 3.37. The number of likely N-dealkylation sites (tertiary alicyclic amines) is 1. The van der Waals surface area contributed by atoms with Crippen molar-refractivity contribution in [2.45, 2.75) is 25.2 Å². The van der Waals surface area contributed by atoms with E-state index in [4.69, 9.17) is 0 Å². The average molecular weight is 321 g/mol. The van der Waals surface area contributed by atoms with Crippen LogP contribution in [0.15, 0.2) is 42.7 Å². The average Bonchev–Trinajstić information content (AvgIpc) is 3.07. The van der Waals surface area contributed by atoms with Crippen LogP contribution < -0.4 is 0 Å². The number of fused-ring (bicyclic) bond motifs is 1. The lowest BCUT2D eigenvalue weighted by atomic mass is 9.92. The quantitative estimate of drug-likeness (QED) is 0.803. The summed E-state index contributed by atoms with van der Waals surface area (Å²) in [6, 6.07) is 9.67. The molecule has 1 aliphatic rings. The number of amides is 1. The van der Waals surface area contributed by atoms with Crippen LogP contribution in [0.1, 0.15) is 30.1 Å². The van der Waals surface area contributed by atoms with Gasteiger partial charge in [0, 0.05) is 48.2 Å². The number of rotatable bonds is 3. The van der Waals surface area contributed by atoms with Gasteiger partial charge in [0.1, 0.15) is 0 Å². The number of pyridine rings is 2. The zero-order valence-corrected chi connectivity index (χ0v) is 13.4. The van der Waals surface area contributed by atoms with Gasteiger partial charge in [0.05, 0.1) is 6.42 Å². The zero-order valence-electron chi connectivity index (χ0n) is 13.4. The van der Waals surface area contributed by atoms with Crippen molar-refractivity contribution in [1.82, 2.24) is 25.1 Å². The van der Waals surface area contributed by atoms with Crippen LogP contribution in [0.3, 0.4) is 0 Å². The first-order chi connectivity index (χ1) is 11.8. The number of hydrogen-bond donors (Lipinski definition) is 1. The maximum Gasteiger partial charge on any atom is 0.228 e. The monoisotopic (exact) mass is 321 g/mol. The van der Waals surface area contributed by atoms with E-state index in [0.29, 0.717) is 12.3 Å². The molecule has 0 unspecified atom stereocenters. The Labute approximate surface area is 139 Å². The molecule has 0 saturated carbocycles. The number of H-pyrrole nitrogens is 1. The normalized spacial score (nSPS) is 15.8. The van der Waals surface area contributed by atoms with Gasteiger partial charge in [0.15, 0.2) is 5.65 Å². The Balaban J connectivity index is 1.41. The lowest BCUT2D eigenvalue weighted by Gasteiger charge is -2.31. The molecule has 0 aromatic carbocycles. The van der Waals surface area contributed by atoms with Gasteiger partial charge in [0.25, 0.3) is 0 Å². The molecule has 0 spiro atoms. The molecule has 1 fully saturated rings. The third-order valence-corrected chi connectivity index (χ3v) is 4.67. The molecule has 0 bridgehead atoms. The third-order valence-electron chi connectivity index (χ3n) is 4.67. The highest BCUT2D eigenvalue weighted by Crippen LogP contribution is 2.30. The van der Waals surface area contributed by atoms with Crippen LogP contribution in [0.25, 0.3) is 11.0 Å². The number of nitrogens with zero attached hydrogens (tertiary/aromatic N) is 4. The van der Waals surface area contributed by atoms with Crippen LogP contribution in [-0.4, -0.2) is 44.1 Å². The summed E-state index contributed by atoms with van der Waals surface area (Å²) in [4.78, 5) is 22.9. The van der Waals surface area contributed by atoms with Gasteiger partial charge in [-0.15, -0.1) is 0 Å². The molecule has 4 rings (SSSR count). The van der Waals surface area contributed by atoms with Gasteiger partial charge in [-0.1, -0.05) is 6.07 Å². The second-order valence-corrected chi connectivity index (χ2v) is 6.16. The molecule has 0 aliphatic carbocycles. The second-order valence-electron chi connectivity index (χ2n) is 6.16. The first kappa shape index (κ1) is 14.8. The highest BCUT2D eigenvalue weighted by molar-refractivity contribution is 5.79. The molecule has 0 radical (unpaired) electrons. The van der Waals surface area contributed by atoms with Crippen molar-refractivity contribution in [2.24, 2.45) is 0 Å². The summed E-state index contributed by atoms with van der Waals surface area (Å²) in [7, 11) is 0. The first-order valence-electron chi connectivity index (χ1n) is 8.28. The van der Waals surface area contributed by atoms with Crippen LogP contribution in [-0.2, 0) is 11.2 Å². The Morgan fingerprint density at radius 1 is 1.12 bits per heavy atom. The highest BCUT2D eigenvalue weighted by atomic mass is 16.2. The summed E-state index contributed by atoms with van der Waals surface area (Å²) < 4.78 is 0. The van der Waals surface area contributed by atoms with Crippen molar-refractivity contribution >= 4 is 16.9 Å². The number of aromatic amines is 1. The Morgan fingerprint density at radius 2 is 1.96 bits per heavy atom. The summed E-state index contributed by atoms with van der Waals surface area (Å²) in [6.07, 6.45) is 5.75. The van der Waals surface area contributed by atoms with Gasteiger partial charge < -0.3 is 4.90 Å². The summed E-state index contributed by atoms with van der Waals surface area (Å²) in [6.45, 7) is 1.55. The molecule has 1 N–H and O–H groups in total. The topological polar surface area (TPSA) is 74.8 Å². The fraction of sp³-hybridized carbons (Fsp3) is 0.333. The number of carbonyl (C=O) groups is 1. The predicted molar refractivity (Wildman–Crippen MR) is 90.4 cm³/mol. The van der Waals surface area contributed by atoms with Crippen LogP contribution in [0.5, 0.6) is 0 Å². The fourth-order valence-corrected chi connectivity index (χ4v) is 3.37. The van der Waals surface area contributed by atoms with Crippen LogP contribution in [0, 0.1) is 0 Å². The Bertz CT molecular complexity index is 837. The van der Waals surface area contributed by atoms with Crippen molar-refractivity contribution in [3.63, 3.8) is 0 Å². The lowest BCUT2D eigenvalue weighted by Crippen LogP contribution is -2.39. The van der Waals surface area contributed by atoms with Gasteiger partial charge >= 0.3 is 0 Å². The van der Waals surface area contributed by atoms with Gasteiger partial charge in [0.2, 0.25) is 5.91 Å². The highest BCUT2D eigenvalue weighted by Gasteiger charge is 2.26. The number of piperidine rings is 1. The van der Waals surface area contributed by atoms with Crippen molar-refractivity contribution in [3.05, 3.63) is 54.1 Å². The minimum atomic E-state index is 0.156. The molecule has 3 aromatic heterocycles. The summed E-state index contributed by atoms with van der Waals surface area (Å²) in [5, 5.41) is 8.51. The smallest absolute Gasteiger partial charge is 0.228 e. The van der Waals surface area contributed by atoms with E-state index in [1.54, 1.807) is 12.4 Å². The molecule has 122 valence electrons. The Hall–Kier alpha value is -2.76.